The Bertz CT molecular complexity index is 1400. The Morgan fingerprint density at radius 2 is 1.74 bits per heavy atom. The van der Waals surface area contributed by atoms with Crippen molar-refractivity contribution in [1.82, 2.24) is 24.7 Å². The summed E-state index contributed by atoms with van der Waals surface area (Å²) in [6, 6.07) is 18.1. The van der Waals surface area contributed by atoms with Crippen molar-refractivity contribution >= 4 is 27.9 Å². The Kier molecular flexibility index (Phi) is 4.92. The first-order valence-corrected chi connectivity index (χ1v) is 10.4. The smallest absolute Gasteiger partial charge is 0.267 e. The van der Waals surface area contributed by atoms with Crippen molar-refractivity contribution < 1.29 is 0 Å². The van der Waals surface area contributed by atoms with Crippen LogP contribution < -0.4 is 10.9 Å². The molecule has 0 aliphatic heterocycles. The third-order valence-electron chi connectivity index (χ3n) is 5.47. The number of nitrogens with zero attached hydrogens (tertiary/aromatic N) is 4. The molecule has 3 heterocycles. The maximum absolute atomic E-state index is 13.2. The van der Waals surface area contributed by atoms with Gasteiger partial charge in [0.1, 0.15) is 0 Å². The lowest BCUT2D eigenvalue weighted by Crippen LogP contribution is -2.20. The van der Waals surface area contributed by atoms with Crippen LogP contribution in [0.2, 0.25) is 0 Å². The Morgan fingerprint density at radius 3 is 2.52 bits per heavy atom. The molecule has 5 rings (SSSR count). The lowest BCUT2D eigenvalue weighted by Gasteiger charge is -2.12. The van der Waals surface area contributed by atoms with Gasteiger partial charge in [0.25, 0.3) is 5.56 Å². The van der Waals surface area contributed by atoms with E-state index in [0.717, 1.165) is 23.9 Å². The summed E-state index contributed by atoms with van der Waals surface area (Å²) in [5.41, 5.74) is 4.36. The fourth-order valence-electron chi connectivity index (χ4n) is 3.75. The molecule has 2 aromatic carbocycles. The van der Waals surface area contributed by atoms with E-state index in [1.807, 2.05) is 30.3 Å². The molecule has 0 aliphatic rings. The van der Waals surface area contributed by atoms with Gasteiger partial charge in [0.15, 0.2) is 5.65 Å². The minimum atomic E-state index is -0.164. The van der Waals surface area contributed by atoms with Crippen molar-refractivity contribution in [1.29, 1.82) is 0 Å². The predicted octanol–water partition coefficient (Wildman–Crippen LogP) is 3.87. The van der Waals surface area contributed by atoms with Crippen LogP contribution in [-0.2, 0) is 12.8 Å². The number of H-pyrrole nitrogens is 1. The lowest BCUT2D eigenvalue weighted by atomic mass is 10.1. The number of fused-ring (bicyclic) bond motifs is 3. The van der Waals surface area contributed by atoms with Crippen molar-refractivity contribution in [2.45, 2.75) is 19.8 Å². The number of rotatable bonds is 6. The molecule has 0 fully saturated rings. The molecule has 7 nitrogen and oxygen atoms in total. The summed E-state index contributed by atoms with van der Waals surface area (Å²) in [5.74, 6) is 0.487. The predicted molar refractivity (Wildman–Crippen MR) is 123 cm³/mol. The second-order valence-corrected chi connectivity index (χ2v) is 7.41. The number of aryl methyl sites for hydroxylation is 1. The Hall–Kier alpha value is -4.00. The van der Waals surface area contributed by atoms with Crippen LogP contribution in [0, 0.1) is 0 Å². The zero-order chi connectivity index (χ0) is 21.2. The third kappa shape index (κ3) is 3.54. The summed E-state index contributed by atoms with van der Waals surface area (Å²) in [5, 5.41) is 11.5. The highest BCUT2D eigenvalue weighted by atomic mass is 16.1. The number of nitrogens with one attached hydrogen (secondary N) is 2. The Morgan fingerprint density at radius 1 is 0.968 bits per heavy atom. The van der Waals surface area contributed by atoms with Crippen LogP contribution in [0.15, 0.2) is 71.8 Å². The van der Waals surface area contributed by atoms with E-state index in [4.69, 9.17) is 4.98 Å². The van der Waals surface area contributed by atoms with Crippen molar-refractivity contribution in [2.24, 2.45) is 0 Å². The molecule has 0 amide bonds. The summed E-state index contributed by atoms with van der Waals surface area (Å²) in [7, 11) is 0. The first-order valence-electron chi connectivity index (χ1n) is 10.4. The van der Waals surface area contributed by atoms with Gasteiger partial charge in [0.2, 0.25) is 5.95 Å². The van der Waals surface area contributed by atoms with E-state index in [2.05, 4.69) is 51.7 Å². The number of benzene rings is 2. The number of hydrogen-bond donors (Lipinski definition) is 2. The molecule has 0 bridgehead atoms. The monoisotopic (exact) mass is 410 g/mol. The van der Waals surface area contributed by atoms with Gasteiger partial charge in [0, 0.05) is 12.7 Å². The molecule has 5 aromatic rings. The van der Waals surface area contributed by atoms with Gasteiger partial charge in [-0.15, -0.1) is 0 Å². The van der Waals surface area contributed by atoms with Crippen molar-refractivity contribution in [3.8, 4) is 5.69 Å². The van der Waals surface area contributed by atoms with Crippen molar-refractivity contribution in [3.63, 3.8) is 0 Å². The normalized spacial score (nSPS) is 11.3. The highest BCUT2D eigenvalue weighted by Gasteiger charge is 2.16. The topological polar surface area (TPSA) is 88.5 Å². The van der Waals surface area contributed by atoms with E-state index in [-0.39, 0.29) is 5.56 Å². The summed E-state index contributed by atoms with van der Waals surface area (Å²) >= 11 is 0. The molecule has 154 valence electrons. The molecule has 0 saturated carbocycles. The molecular weight excluding hydrogens is 388 g/mol. The van der Waals surface area contributed by atoms with Crippen LogP contribution >= 0.6 is 0 Å². The van der Waals surface area contributed by atoms with Crippen LogP contribution in [0.3, 0.4) is 0 Å². The Balaban J connectivity index is 1.51. The molecule has 0 unspecified atom stereocenters. The molecule has 0 saturated heterocycles. The summed E-state index contributed by atoms with van der Waals surface area (Å²) < 4.78 is 1.61. The SMILES string of the molecule is CCc1ccc(CCNc2ncc3c4[nH]ncc4c(=O)n(-c4ccccc4)c3n2)cc1. The Labute approximate surface area is 178 Å². The van der Waals surface area contributed by atoms with E-state index in [1.165, 1.54) is 11.1 Å². The van der Waals surface area contributed by atoms with E-state index in [1.54, 1.807) is 17.0 Å². The molecule has 0 atom stereocenters. The first-order chi connectivity index (χ1) is 15.2. The molecule has 0 radical (unpaired) electrons. The molecule has 3 aromatic heterocycles. The number of aromatic amines is 1. The van der Waals surface area contributed by atoms with E-state index >= 15 is 0 Å². The zero-order valence-corrected chi connectivity index (χ0v) is 17.2. The van der Waals surface area contributed by atoms with Gasteiger partial charge in [-0.3, -0.25) is 14.5 Å². The fraction of sp³-hybridized carbons (Fsp3) is 0.167. The molecule has 7 heteroatoms. The highest BCUT2D eigenvalue weighted by Crippen LogP contribution is 2.22. The molecule has 0 aliphatic carbocycles. The van der Waals surface area contributed by atoms with E-state index < -0.39 is 0 Å². The average molecular weight is 410 g/mol. The average Bonchev–Trinajstić information content (AvgIpc) is 3.31. The standard InChI is InChI=1S/C24H22N6O/c1-2-16-8-10-17(11-9-16)12-13-25-24-26-14-19-21-20(15-27-29-21)23(31)30(22(19)28-24)18-6-4-3-5-7-18/h3-11,14-15H,2,12-13H2,1H3,(H,27,29)(H,25,26,28). The molecule has 2 N–H and O–H groups in total. The van der Waals surface area contributed by atoms with Crippen LogP contribution in [0.5, 0.6) is 0 Å². The number of para-hydroxylation sites is 1. The maximum Gasteiger partial charge on any atom is 0.267 e. The van der Waals surface area contributed by atoms with Crippen LogP contribution in [0.4, 0.5) is 5.95 Å². The molecule has 31 heavy (non-hydrogen) atoms. The minimum Gasteiger partial charge on any atom is -0.354 e. The quantitative estimate of drug-likeness (QED) is 0.444. The van der Waals surface area contributed by atoms with Crippen LogP contribution in [-0.4, -0.2) is 31.3 Å². The zero-order valence-electron chi connectivity index (χ0n) is 17.2. The summed E-state index contributed by atoms with van der Waals surface area (Å²) in [6.45, 7) is 2.85. The maximum atomic E-state index is 13.2. The largest absolute Gasteiger partial charge is 0.354 e. The molecule has 0 spiro atoms. The second kappa shape index (κ2) is 8.02. The van der Waals surface area contributed by atoms with Gasteiger partial charge in [-0.1, -0.05) is 49.4 Å². The number of anilines is 1. The number of hydrogen-bond acceptors (Lipinski definition) is 5. The number of pyridine rings is 1. The van der Waals surface area contributed by atoms with Gasteiger partial charge >= 0.3 is 0 Å². The summed E-state index contributed by atoms with van der Waals surface area (Å²) in [4.78, 5) is 22.4. The van der Waals surface area contributed by atoms with Crippen molar-refractivity contribution in [2.75, 3.05) is 11.9 Å². The van der Waals surface area contributed by atoms with Crippen molar-refractivity contribution in [3.05, 3.63) is 88.5 Å². The van der Waals surface area contributed by atoms with Gasteiger partial charge < -0.3 is 5.32 Å². The number of aromatic nitrogens is 5. The van der Waals surface area contributed by atoms with E-state index in [9.17, 15) is 4.79 Å². The lowest BCUT2D eigenvalue weighted by molar-refractivity contribution is 0.971. The van der Waals surface area contributed by atoms with Gasteiger partial charge in [0.05, 0.1) is 28.2 Å². The van der Waals surface area contributed by atoms with Crippen LogP contribution in [0.1, 0.15) is 18.1 Å². The van der Waals surface area contributed by atoms with Crippen LogP contribution in [0.25, 0.3) is 27.6 Å². The van der Waals surface area contributed by atoms with Gasteiger partial charge in [-0.2, -0.15) is 10.1 Å². The first kappa shape index (κ1) is 19.0. The summed E-state index contributed by atoms with van der Waals surface area (Å²) in [6.07, 6.45) is 5.18. The minimum absolute atomic E-state index is 0.164. The highest BCUT2D eigenvalue weighted by molar-refractivity contribution is 6.02. The third-order valence-corrected chi connectivity index (χ3v) is 5.47. The molecular formula is C24H22N6O. The van der Waals surface area contributed by atoms with Gasteiger partial charge in [-0.05, 0) is 36.1 Å². The van der Waals surface area contributed by atoms with Gasteiger partial charge in [-0.25, -0.2) is 4.98 Å². The van der Waals surface area contributed by atoms with E-state index in [0.29, 0.717) is 29.0 Å². The fourth-order valence-corrected chi connectivity index (χ4v) is 3.75. The second-order valence-electron chi connectivity index (χ2n) is 7.41.